The van der Waals surface area contributed by atoms with Gasteiger partial charge in [-0.1, -0.05) is 25.0 Å². The van der Waals surface area contributed by atoms with Gasteiger partial charge in [-0.05, 0) is 43.2 Å². The molecule has 1 fully saturated rings. The van der Waals surface area contributed by atoms with Crippen LogP contribution in [0.5, 0.6) is 0 Å². The first-order chi connectivity index (χ1) is 12.6. The number of nitrogens with one attached hydrogen (secondary N) is 1. The number of benzene rings is 2. The van der Waals surface area contributed by atoms with Crippen molar-refractivity contribution in [1.29, 1.82) is 0 Å². The quantitative estimate of drug-likeness (QED) is 0.897. The Morgan fingerprint density at radius 1 is 1.08 bits per heavy atom. The molecule has 1 saturated carbocycles. The van der Waals surface area contributed by atoms with Crippen molar-refractivity contribution in [2.45, 2.75) is 31.1 Å². The zero-order valence-corrected chi connectivity index (χ0v) is 14.7. The summed E-state index contributed by atoms with van der Waals surface area (Å²) in [5.74, 6) is -0.648. The van der Waals surface area contributed by atoms with E-state index in [1.54, 1.807) is 42.3 Å². The van der Waals surface area contributed by atoms with Gasteiger partial charge in [0.2, 0.25) is 0 Å². The van der Waals surface area contributed by atoms with E-state index in [4.69, 9.17) is 0 Å². The van der Waals surface area contributed by atoms with Gasteiger partial charge in [-0.25, -0.2) is 4.39 Å². The minimum atomic E-state index is -0.269. The van der Waals surface area contributed by atoms with Crippen LogP contribution >= 0.6 is 0 Å². The first-order valence-electron chi connectivity index (χ1n) is 8.99. The highest BCUT2D eigenvalue weighted by molar-refractivity contribution is 6.09. The maximum absolute atomic E-state index is 14.7. The molecule has 1 N–H and O–H groups in total. The van der Waals surface area contributed by atoms with E-state index in [1.165, 1.54) is 6.07 Å². The second kappa shape index (κ2) is 6.24. The molecule has 0 radical (unpaired) electrons. The van der Waals surface area contributed by atoms with Gasteiger partial charge in [-0.2, -0.15) is 0 Å². The summed E-state index contributed by atoms with van der Waals surface area (Å²) in [4.78, 5) is 26.8. The Morgan fingerprint density at radius 2 is 1.77 bits per heavy atom. The summed E-state index contributed by atoms with van der Waals surface area (Å²) in [6.45, 7) is 0.506. The number of amides is 2. The van der Waals surface area contributed by atoms with E-state index in [0.717, 1.165) is 25.7 Å². The summed E-state index contributed by atoms with van der Waals surface area (Å²) in [6, 6.07) is 11.6. The summed E-state index contributed by atoms with van der Waals surface area (Å²) in [5.41, 5.74) is 1.97. The lowest BCUT2D eigenvalue weighted by Gasteiger charge is -2.25. The number of halogens is 1. The molecule has 2 aliphatic rings. The number of hydrogen-bond donors (Lipinski definition) is 1. The number of nitrogens with zero attached hydrogens (tertiary/aromatic N) is 1. The van der Waals surface area contributed by atoms with Crippen LogP contribution in [-0.4, -0.2) is 25.4 Å². The van der Waals surface area contributed by atoms with E-state index in [-0.39, 0.29) is 23.0 Å². The Bertz CT molecular complexity index is 887. The molecule has 2 amide bonds. The standard InChI is InChI=1S/C21H21FN2O2/c1-23-19(25)14-6-4-7-15(12-14)20(26)24-13-21(10-2-3-11-21)18-16(22)8-5-9-17(18)24/h4-9,12H,2-3,10-11,13H2,1H3,(H,23,25). The Morgan fingerprint density at radius 3 is 2.50 bits per heavy atom. The van der Waals surface area contributed by atoms with E-state index in [0.29, 0.717) is 28.9 Å². The first kappa shape index (κ1) is 16.8. The zero-order valence-electron chi connectivity index (χ0n) is 14.7. The van der Waals surface area contributed by atoms with Crippen molar-refractivity contribution < 1.29 is 14.0 Å². The van der Waals surface area contributed by atoms with Crippen molar-refractivity contribution >= 4 is 17.5 Å². The molecular weight excluding hydrogens is 331 g/mol. The lowest BCUT2D eigenvalue weighted by Crippen LogP contribution is -2.35. The Balaban J connectivity index is 1.74. The summed E-state index contributed by atoms with van der Waals surface area (Å²) >= 11 is 0. The lowest BCUT2D eigenvalue weighted by atomic mass is 9.80. The van der Waals surface area contributed by atoms with Crippen molar-refractivity contribution in [3.63, 3.8) is 0 Å². The maximum Gasteiger partial charge on any atom is 0.258 e. The minimum absolute atomic E-state index is 0.189. The minimum Gasteiger partial charge on any atom is -0.355 e. The predicted octanol–water partition coefficient (Wildman–Crippen LogP) is 3.66. The van der Waals surface area contributed by atoms with Crippen LogP contribution in [-0.2, 0) is 5.41 Å². The molecule has 1 heterocycles. The average Bonchev–Trinajstić information content (AvgIpc) is 3.27. The van der Waals surface area contributed by atoms with E-state index in [9.17, 15) is 14.0 Å². The zero-order chi connectivity index (χ0) is 18.3. The fourth-order valence-electron chi connectivity index (χ4n) is 4.46. The molecule has 0 unspecified atom stereocenters. The highest BCUT2D eigenvalue weighted by Crippen LogP contribution is 2.51. The third-order valence-corrected chi connectivity index (χ3v) is 5.68. The number of rotatable bonds is 2. The van der Waals surface area contributed by atoms with Gasteiger partial charge in [0.25, 0.3) is 11.8 Å². The van der Waals surface area contributed by atoms with Crippen LogP contribution in [0.1, 0.15) is 52.0 Å². The molecule has 0 aromatic heterocycles. The molecule has 1 aliphatic heterocycles. The molecule has 26 heavy (non-hydrogen) atoms. The van der Waals surface area contributed by atoms with Gasteiger partial charge in [0, 0.05) is 35.7 Å². The van der Waals surface area contributed by atoms with Gasteiger partial charge in [0.05, 0.1) is 5.69 Å². The molecule has 4 rings (SSSR count). The molecule has 0 bridgehead atoms. The monoisotopic (exact) mass is 352 g/mol. The van der Waals surface area contributed by atoms with Gasteiger partial charge in [-0.15, -0.1) is 0 Å². The van der Waals surface area contributed by atoms with Crippen molar-refractivity contribution in [3.8, 4) is 0 Å². The lowest BCUT2D eigenvalue weighted by molar-refractivity contribution is 0.0963. The van der Waals surface area contributed by atoms with Gasteiger partial charge < -0.3 is 10.2 Å². The van der Waals surface area contributed by atoms with E-state index in [2.05, 4.69) is 5.32 Å². The smallest absolute Gasteiger partial charge is 0.258 e. The largest absolute Gasteiger partial charge is 0.355 e. The molecule has 0 saturated heterocycles. The molecule has 2 aromatic rings. The highest BCUT2D eigenvalue weighted by atomic mass is 19.1. The number of anilines is 1. The molecular formula is C21H21FN2O2. The molecule has 134 valence electrons. The van der Waals surface area contributed by atoms with Gasteiger partial charge in [0.1, 0.15) is 5.82 Å². The predicted molar refractivity (Wildman–Crippen MR) is 98.1 cm³/mol. The first-order valence-corrected chi connectivity index (χ1v) is 8.99. The summed E-state index contributed by atoms with van der Waals surface area (Å²) in [6.07, 6.45) is 3.93. The molecule has 1 spiro atoms. The van der Waals surface area contributed by atoms with Crippen LogP contribution in [0.2, 0.25) is 0 Å². The van der Waals surface area contributed by atoms with Gasteiger partial charge in [-0.3, -0.25) is 9.59 Å². The molecule has 4 nitrogen and oxygen atoms in total. The SMILES string of the molecule is CNC(=O)c1cccc(C(=O)N2CC3(CCCC3)c3c(F)cccc32)c1. The van der Waals surface area contributed by atoms with E-state index >= 15 is 0 Å². The third-order valence-electron chi connectivity index (χ3n) is 5.68. The Hall–Kier alpha value is -2.69. The van der Waals surface area contributed by atoms with E-state index in [1.807, 2.05) is 6.07 Å². The second-order valence-corrected chi connectivity index (χ2v) is 7.17. The summed E-state index contributed by atoms with van der Waals surface area (Å²) in [7, 11) is 1.56. The fraction of sp³-hybridized carbons (Fsp3) is 0.333. The van der Waals surface area contributed by atoms with Crippen LogP contribution in [0.3, 0.4) is 0 Å². The average molecular weight is 352 g/mol. The number of hydrogen-bond acceptors (Lipinski definition) is 2. The van der Waals surface area contributed by atoms with Gasteiger partial charge >= 0.3 is 0 Å². The number of fused-ring (bicyclic) bond motifs is 2. The number of carbonyl (C=O) groups excluding carboxylic acids is 2. The molecule has 0 atom stereocenters. The van der Waals surface area contributed by atoms with Crippen molar-refractivity contribution in [2.24, 2.45) is 0 Å². The topological polar surface area (TPSA) is 49.4 Å². The van der Waals surface area contributed by atoms with Gasteiger partial charge in [0.15, 0.2) is 0 Å². The van der Waals surface area contributed by atoms with Crippen molar-refractivity contribution in [1.82, 2.24) is 5.32 Å². The third kappa shape index (κ3) is 2.50. The normalized spacial score (nSPS) is 17.4. The number of carbonyl (C=O) groups is 2. The highest BCUT2D eigenvalue weighted by Gasteiger charge is 2.48. The van der Waals surface area contributed by atoms with Crippen LogP contribution in [0.25, 0.3) is 0 Å². The van der Waals surface area contributed by atoms with Crippen molar-refractivity contribution in [3.05, 3.63) is 65.0 Å². The second-order valence-electron chi connectivity index (χ2n) is 7.17. The molecule has 1 aliphatic carbocycles. The Kier molecular flexibility index (Phi) is 4.02. The van der Waals surface area contributed by atoms with Crippen LogP contribution in [0.15, 0.2) is 42.5 Å². The summed E-state index contributed by atoms with van der Waals surface area (Å²) in [5, 5.41) is 2.57. The maximum atomic E-state index is 14.7. The Labute approximate surface area is 152 Å². The van der Waals surface area contributed by atoms with E-state index < -0.39 is 0 Å². The van der Waals surface area contributed by atoms with Crippen LogP contribution in [0.4, 0.5) is 10.1 Å². The van der Waals surface area contributed by atoms with Crippen LogP contribution < -0.4 is 10.2 Å². The van der Waals surface area contributed by atoms with Crippen LogP contribution in [0, 0.1) is 5.82 Å². The van der Waals surface area contributed by atoms with Crippen molar-refractivity contribution in [2.75, 3.05) is 18.5 Å². The molecule has 5 heteroatoms. The molecule has 2 aromatic carbocycles. The summed E-state index contributed by atoms with van der Waals surface area (Å²) < 4.78 is 14.7. The fourth-order valence-corrected chi connectivity index (χ4v) is 4.46.